The van der Waals surface area contributed by atoms with Gasteiger partial charge in [0.2, 0.25) is 0 Å². The maximum absolute atomic E-state index is 11.4. The molecule has 0 saturated carbocycles. The van der Waals surface area contributed by atoms with Crippen LogP contribution in [0.5, 0.6) is 0 Å². The number of hydrogen-bond acceptors (Lipinski definition) is 4. The third-order valence-electron chi connectivity index (χ3n) is 2.34. The number of aldehydes is 1. The van der Waals surface area contributed by atoms with Crippen LogP contribution < -0.4 is 5.32 Å². The van der Waals surface area contributed by atoms with Gasteiger partial charge >= 0.3 is 6.09 Å². The molecule has 0 aromatic carbocycles. The van der Waals surface area contributed by atoms with Crippen LogP contribution in [0.3, 0.4) is 0 Å². The van der Waals surface area contributed by atoms with Crippen LogP contribution in [0.25, 0.3) is 6.08 Å². The molecule has 0 spiro atoms. The van der Waals surface area contributed by atoms with Crippen LogP contribution in [0.1, 0.15) is 47.3 Å². The molecule has 110 valence electrons. The Kier molecular flexibility index (Phi) is 5.95. The fourth-order valence-corrected chi connectivity index (χ4v) is 2.43. The highest BCUT2D eigenvalue weighted by molar-refractivity contribution is 7.14. The molecule has 0 aliphatic rings. The van der Waals surface area contributed by atoms with Crippen LogP contribution in [0.4, 0.5) is 4.79 Å². The number of thiophene rings is 1. The second-order valence-electron chi connectivity index (χ2n) is 5.43. The standard InChI is InChI=1S/C15H21NO3S/c1-11-9-12(10-17)20-13(11)7-5-6-8-16-14(18)19-15(2,3)4/h5,7,9-10H,6,8H2,1-4H3,(H,16,18). The largest absolute Gasteiger partial charge is 0.444 e. The highest BCUT2D eigenvalue weighted by Crippen LogP contribution is 2.21. The van der Waals surface area contributed by atoms with Gasteiger partial charge in [0, 0.05) is 11.4 Å². The normalized spacial score (nSPS) is 11.6. The number of nitrogens with one attached hydrogen (secondary N) is 1. The second-order valence-corrected chi connectivity index (χ2v) is 6.55. The van der Waals surface area contributed by atoms with Gasteiger partial charge in [-0.25, -0.2) is 4.79 Å². The number of alkyl carbamates (subject to hydrolysis) is 1. The highest BCUT2D eigenvalue weighted by Gasteiger charge is 2.15. The maximum Gasteiger partial charge on any atom is 0.407 e. The summed E-state index contributed by atoms with van der Waals surface area (Å²) in [6.45, 7) is 7.99. The summed E-state index contributed by atoms with van der Waals surface area (Å²) in [5.74, 6) is 0. The van der Waals surface area contributed by atoms with Crippen molar-refractivity contribution in [2.45, 2.75) is 39.7 Å². The van der Waals surface area contributed by atoms with Crippen molar-refractivity contribution in [3.8, 4) is 0 Å². The molecule has 0 atom stereocenters. The number of amides is 1. The molecule has 4 nitrogen and oxygen atoms in total. The van der Waals surface area contributed by atoms with Crippen molar-refractivity contribution in [2.24, 2.45) is 0 Å². The van der Waals surface area contributed by atoms with Crippen molar-refractivity contribution in [3.63, 3.8) is 0 Å². The summed E-state index contributed by atoms with van der Waals surface area (Å²) < 4.78 is 5.13. The van der Waals surface area contributed by atoms with Crippen LogP contribution in [0, 0.1) is 6.92 Å². The zero-order valence-corrected chi connectivity index (χ0v) is 13.2. The van der Waals surface area contributed by atoms with E-state index in [1.807, 2.05) is 45.9 Å². The van der Waals surface area contributed by atoms with Crippen LogP contribution >= 0.6 is 11.3 Å². The van der Waals surface area contributed by atoms with Gasteiger partial charge in [0.25, 0.3) is 0 Å². The van der Waals surface area contributed by atoms with Gasteiger partial charge in [0.1, 0.15) is 5.60 Å². The molecule has 1 aromatic heterocycles. The summed E-state index contributed by atoms with van der Waals surface area (Å²) in [4.78, 5) is 23.9. The Bertz CT molecular complexity index is 498. The van der Waals surface area contributed by atoms with Gasteiger partial charge in [0.05, 0.1) is 4.88 Å². The molecule has 0 saturated heterocycles. The quantitative estimate of drug-likeness (QED) is 0.664. The van der Waals surface area contributed by atoms with E-state index in [0.717, 1.165) is 21.6 Å². The molecule has 20 heavy (non-hydrogen) atoms. The predicted octanol–water partition coefficient (Wildman–Crippen LogP) is 3.80. The van der Waals surface area contributed by atoms with Gasteiger partial charge < -0.3 is 10.1 Å². The molecule has 0 fully saturated rings. The van der Waals surface area contributed by atoms with Crippen molar-refractivity contribution in [3.05, 3.63) is 27.5 Å². The Balaban J connectivity index is 2.33. The van der Waals surface area contributed by atoms with E-state index in [2.05, 4.69) is 5.32 Å². The minimum atomic E-state index is -0.473. The van der Waals surface area contributed by atoms with E-state index in [4.69, 9.17) is 4.74 Å². The van der Waals surface area contributed by atoms with Gasteiger partial charge in [0.15, 0.2) is 6.29 Å². The fourth-order valence-electron chi connectivity index (χ4n) is 1.51. The summed E-state index contributed by atoms with van der Waals surface area (Å²) in [7, 11) is 0. The number of rotatable bonds is 5. The molecule has 5 heteroatoms. The number of carbonyl (C=O) groups excluding carboxylic acids is 2. The molecular formula is C15H21NO3S. The average molecular weight is 295 g/mol. The average Bonchev–Trinajstić information content (AvgIpc) is 2.67. The Hall–Kier alpha value is -1.62. The molecule has 1 aromatic rings. The second kappa shape index (κ2) is 7.24. The SMILES string of the molecule is Cc1cc(C=O)sc1C=CCCNC(=O)OC(C)(C)C. The van der Waals surface area contributed by atoms with E-state index < -0.39 is 11.7 Å². The summed E-state index contributed by atoms with van der Waals surface area (Å²) in [5, 5.41) is 2.69. The predicted molar refractivity (Wildman–Crippen MR) is 82.3 cm³/mol. The van der Waals surface area contributed by atoms with Gasteiger partial charge in [-0.1, -0.05) is 6.08 Å². The molecular weight excluding hydrogens is 274 g/mol. The van der Waals surface area contributed by atoms with Crippen molar-refractivity contribution in [1.82, 2.24) is 5.32 Å². The molecule has 0 aliphatic carbocycles. The molecule has 1 rings (SSSR count). The number of aryl methyl sites for hydroxylation is 1. The zero-order chi connectivity index (χ0) is 15.2. The Morgan fingerprint density at radius 2 is 2.15 bits per heavy atom. The lowest BCUT2D eigenvalue weighted by Crippen LogP contribution is -2.32. The third kappa shape index (κ3) is 6.02. The van der Waals surface area contributed by atoms with Crippen molar-refractivity contribution >= 4 is 29.8 Å². The first-order valence-electron chi connectivity index (χ1n) is 6.51. The third-order valence-corrected chi connectivity index (χ3v) is 3.47. The monoisotopic (exact) mass is 295 g/mol. The fraction of sp³-hybridized carbons (Fsp3) is 0.467. The van der Waals surface area contributed by atoms with Crippen molar-refractivity contribution < 1.29 is 14.3 Å². The molecule has 0 radical (unpaired) electrons. The van der Waals surface area contributed by atoms with E-state index >= 15 is 0 Å². The topological polar surface area (TPSA) is 55.4 Å². The van der Waals surface area contributed by atoms with Crippen LogP contribution in [0.15, 0.2) is 12.1 Å². The van der Waals surface area contributed by atoms with Crippen LogP contribution in [0.2, 0.25) is 0 Å². The summed E-state index contributed by atoms with van der Waals surface area (Å²) >= 11 is 1.46. The van der Waals surface area contributed by atoms with Gasteiger partial charge in [-0.15, -0.1) is 11.3 Å². The zero-order valence-electron chi connectivity index (χ0n) is 12.4. The Labute approximate surface area is 123 Å². The van der Waals surface area contributed by atoms with Crippen molar-refractivity contribution in [2.75, 3.05) is 6.54 Å². The Morgan fingerprint density at radius 1 is 1.45 bits per heavy atom. The number of ether oxygens (including phenoxy) is 1. The van der Waals surface area contributed by atoms with E-state index in [1.54, 1.807) is 0 Å². The Morgan fingerprint density at radius 3 is 2.70 bits per heavy atom. The van der Waals surface area contributed by atoms with E-state index in [-0.39, 0.29) is 0 Å². The first-order valence-corrected chi connectivity index (χ1v) is 7.32. The summed E-state index contributed by atoms with van der Waals surface area (Å²) in [6.07, 6.45) is 5.13. The highest BCUT2D eigenvalue weighted by atomic mass is 32.1. The van der Waals surface area contributed by atoms with Gasteiger partial charge in [-0.3, -0.25) is 4.79 Å². The molecule has 0 unspecified atom stereocenters. The molecule has 1 heterocycles. The molecule has 1 N–H and O–H groups in total. The van der Waals surface area contributed by atoms with E-state index in [9.17, 15) is 9.59 Å². The first-order chi connectivity index (χ1) is 9.31. The van der Waals surface area contributed by atoms with E-state index in [0.29, 0.717) is 13.0 Å². The summed E-state index contributed by atoms with van der Waals surface area (Å²) in [5.41, 5.74) is 0.618. The summed E-state index contributed by atoms with van der Waals surface area (Å²) in [6, 6.07) is 1.87. The maximum atomic E-state index is 11.4. The minimum Gasteiger partial charge on any atom is -0.444 e. The lowest BCUT2D eigenvalue weighted by atomic mass is 10.2. The van der Waals surface area contributed by atoms with Crippen LogP contribution in [-0.4, -0.2) is 24.5 Å². The van der Waals surface area contributed by atoms with E-state index in [1.165, 1.54) is 11.3 Å². The van der Waals surface area contributed by atoms with Crippen LogP contribution in [-0.2, 0) is 4.74 Å². The molecule has 0 bridgehead atoms. The first kappa shape index (κ1) is 16.4. The number of carbonyl (C=O) groups is 2. The molecule has 0 aliphatic heterocycles. The minimum absolute atomic E-state index is 0.401. The number of hydrogen-bond donors (Lipinski definition) is 1. The van der Waals surface area contributed by atoms with Crippen molar-refractivity contribution in [1.29, 1.82) is 0 Å². The lowest BCUT2D eigenvalue weighted by Gasteiger charge is -2.19. The smallest absolute Gasteiger partial charge is 0.407 e. The van der Waals surface area contributed by atoms with Gasteiger partial charge in [-0.2, -0.15) is 0 Å². The molecule has 1 amide bonds. The van der Waals surface area contributed by atoms with Gasteiger partial charge in [-0.05, 0) is 51.8 Å². The lowest BCUT2D eigenvalue weighted by molar-refractivity contribution is 0.0528.